The van der Waals surface area contributed by atoms with Crippen molar-refractivity contribution in [1.82, 2.24) is 10.3 Å². The lowest BCUT2D eigenvalue weighted by molar-refractivity contribution is -0.245. The lowest BCUT2D eigenvalue weighted by Crippen LogP contribution is -2.31. The lowest BCUT2D eigenvalue weighted by Gasteiger charge is -2.36. The summed E-state index contributed by atoms with van der Waals surface area (Å²) < 4.78 is 15.3. The van der Waals surface area contributed by atoms with E-state index < -0.39 is 12.3 Å². The molecule has 0 unspecified atom stereocenters. The van der Waals surface area contributed by atoms with Gasteiger partial charge in [0.25, 0.3) is 0 Å². The third-order valence-electron chi connectivity index (χ3n) is 8.01. The smallest absolute Gasteiger partial charge is 0.303 e. The fourth-order valence-corrected chi connectivity index (χ4v) is 7.59. The number of carboxylic acids is 1. The van der Waals surface area contributed by atoms with Crippen LogP contribution >= 0.6 is 23.1 Å². The van der Waals surface area contributed by atoms with Crippen molar-refractivity contribution in [1.29, 1.82) is 0 Å². The molecule has 1 fully saturated rings. The number of aliphatic carboxylic acids is 1. The predicted molar refractivity (Wildman–Crippen MR) is 184 cm³/mol. The Morgan fingerprint density at radius 1 is 0.872 bits per heavy atom. The summed E-state index contributed by atoms with van der Waals surface area (Å²) in [5, 5.41) is 21.2. The van der Waals surface area contributed by atoms with E-state index in [1.165, 1.54) is 4.70 Å². The number of carboxylic acid groups (broad SMARTS) is 1. The minimum Gasteiger partial charge on any atom is -0.481 e. The van der Waals surface area contributed by atoms with Crippen molar-refractivity contribution < 1.29 is 29.3 Å². The van der Waals surface area contributed by atoms with E-state index in [2.05, 4.69) is 23.5 Å². The summed E-state index contributed by atoms with van der Waals surface area (Å²) in [6.07, 6.45) is 0.411. The number of hydrogen-bond donors (Lipinski definition) is 3. The largest absolute Gasteiger partial charge is 0.481 e. The number of benzene rings is 4. The van der Waals surface area contributed by atoms with Gasteiger partial charge in [0, 0.05) is 37.1 Å². The average molecular weight is 669 g/mol. The van der Waals surface area contributed by atoms with Gasteiger partial charge in [0.2, 0.25) is 5.91 Å². The highest BCUT2D eigenvalue weighted by Gasteiger charge is 2.32. The first kappa shape index (κ1) is 32.9. The molecule has 10 heteroatoms. The van der Waals surface area contributed by atoms with Gasteiger partial charge < -0.3 is 25.0 Å². The number of para-hydroxylation sites is 1. The van der Waals surface area contributed by atoms with Gasteiger partial charge in [-0.05, 0) is 52.4 Å². The number of thioether (sulfide) groups is 1. The van der Waals surface area contributed by atoms with Gasteiger partial charge in [0.05, 0.1) is 29.0 Å². The molecule has 5 aromatic rings. The molecule has 3 atom stereocenters. The van der Waals surface area contributed by atoms with E-state index in [4.69, 9.17) is 19.6 Å². The molecule has 0 bridgehead atoms. The summed E-state index contributed by atoms with van der Waals surface area (Å²) in [6, 6.07) is 32.2. The first-order valence-electron chi connectivity index (χ1n) is 15.6. The van der Waals surface area contributed by atoms with Crippen LogP contribution in [0.4, 0.5) is 0 Å². The minimum atomic E-state index is -0.897. The van der Waals surface area contributed by atoms with Crippen molar-refractivity contribution >= 4 is 45.2 Å². The molecule has 2 heterocycles. The summed E-state index contributed by atoms with van der Waals surface area (Å²) >= 11 is 3.40. The molecule has 0 aliphatic carbocycles. The topological polar surface area (TPSA) is 118 Å². The predicted octanol–water partition coefficient (Wildman–Crippen LogP) is 7.66. The maximum absolute atomic E-state index is 12.1. The zero-order chi connectivity index (χ0) is 32.6. The molecular weight excluding hydrogens is 633 g/mol. The Morgan fingerprint density at radius 3 is 2.43 bits per heavy atom. The second-order valence-corrected chi connectivity index (χ2v) is 13.8. The molecule has 4 aromatic carbocycles. The zero-order valence-electron chi connectivity index (χ0n) is 25.7. The van der Waals surface area contributed by atoms with Gasteiger partial charge in [0.1, 0.15) is 0 Å². The fraction of sp³-hybridized carbons (Fsp3) is 0.270. The number of carbonyl (C=O) groups is 2. The SMILES string of the molecule is O=C(O)CCCC(=O)NCc1cccc(-c2ccc([C@@H]3O[C@H](CSc4nc5ccccc5s4)C[C@H](c4ccc(CO)cc4)O3)cc2)c1. The number of nitrogens with zero attached hydrogens (tertiary/aromatic N) is 1. The van der Waals surface area contributed by atoms with Crippen LogP contribution in [0.15, 0.2) is 101 Å². The van der Waals surface area contributed by atoms with Gasteiger partial charge in [-0.2, -0.15) is 0 Å². The van der Waals surface area contributed by atoms with Gasteiger partial charge >= 0.3 is 5.97 Å². The lowest BCUT2D eigenvalue weighted by atomic mass is 9.99. The van der Waals surface area contributed by atoms with Crippen LogP contribution in [0.3, 0.4) is 0 Å². The third kappa shape index (κ3) is 8.85. The number of aromatic nitrogens is 1. The Labute approximate surface area is 281 Å². The summed E-state index contributed by atoms with van der Waals surface area (Å²) in [5.74, 6) is -0.315. The Hall–Kier alpha value is -4.06. The van der Waals surface area contributed by atoms with Crippen LogP contribution in [-0.2, 0) is 32.2 Å². The number of thiazole rings is 1. The van der Waals surface area contributed by atoms with E-state index in [0.29, 0.717) is 19.4 Å². The van der Waals surface area contributed by atoms with Gasteiger partial charge in [-0.15, -0.1) is 11.3 Å². The normalized spacial score (nSPS) is 17.9. The van der Waals surface area contributed by atoms with Crippen LogP contribution in [-0.4, -0.2) is 38.9 Å². The number of hydrogen-bond acceptors (Lipinski definition) is 8. The second-order valence-electron chi connectivity index (χ2n) is 11.5. The molecule has 1 aliphatic rings. The number of amides is 1. The molecule has 0 radical (unpaired) electrons. The quantitative estimate of drug-likeness (QED) is 0.110. The first-order valence-corrected chi connectivity index (χ1v) is 17.4. The van der Waals surface area contributed by atoms with E-state index >= 15 is 0 Å². The summed E-state index contributed by atoms with van der Waals surface area (Å²) in [7, 11) is 0. The third-order valence-corrected chi connectivity index (χ3v) is 10.3. The second kappa shape index (κ2) is 15.7. The van der Waals surface area contributed by atoms with E-state index in [0.717, 1.165) is 49.0 Å². The van der Waals surface area contributed by atoms with Crippen molar-refractivity contribution in [2.45, 2.75) is 61.7 Å². The van der Waals surface area contributed by atoms with Crippen LogP contribution in [0.1, 0.15) is 60.3 Å². The Bertz CT molecular complexity index is 1780. The Kier molecular flexibility index (Phi) is 11.0. The molecule has 1 aromatic heterocycles. The number of rotatable bonds is 13. The molecule has 242 valence electrons. The standard InChI is InChI=1S/C37H36N2O6S2/c40-22-24-11-13-27(14-12-24)32-20-30(23-46-37-39-31-7-1-2-8-33(31)47-37)44-36(45-32)28-17-15-26(16-18-28)29-6-3-5-25(19-29)21-38-34(41)9-4-10-35(42)43/h1-3,5-8,11-19,30,32,36,40H,4,9-10,20-23H2,(H,38,41)(H,42,43)/t30-,32+,36+/m0/s1. The molecule has 0 saturated carbocycles. The number of ether oxygens (including phenoxy) is 2. The van der Waals surface area contributed by atoms with Gasteiger partial charge in [-0.1, -0.05) is 90.6 Å². The van der Waals surface area contributed by atoms with Crippen molar-refractivity contribution in [3.8, 4) is 11.1 Å². The van der Waals surface area contributed by atoms with Crippen LogP contribution in [0, 0.1) is 0 Å². The molecule has 1 aliphatic heterocycles. The number of aliphatic hydroxyl groups is 1. The number of fused-ring (bicyclic) bond motifs is 1. The van der Waals surface area contributed by atoms with E-state index in [1.807, 2.05) is 78.9 Å². The first-order chi connectivity index (χ1) is 22.9. The molecule has 6 rings (SSSR count). The summed E-state index contributed by atoms with van der Waals surface area (Å²) in [5.41, 5.74) is 6.85. The molecule has 1 saturated heterocycles. The average Bonchev–Trinajstić information content (AvgIpc) is 3.53. The molecule has 1 amide bonds. The van der Waals surface area contributed by atoms with Crippen molar-refractivity contribution in [2.24, 2.45) is 0 Å². The molecule has 0 spiro atoms. The Morgan fingerprint density at radius 2 is 1.66 bits per heavy atom. The van der Waals surface area contributed by atoms with Crippen LogP contribution in [0.2, 0.25) is 0 Å². The monoisotopic (exact) mass is 668 g/mol. The van der Waals surface area contributed by atoms with Crippen molar-refractivity contribution in [2.75, 3.05) is 5.75 Å². The van der Waals surface area contributed by atoms with Crippen molar-refractivity contribution in [3.63, 3.8) is 0 Å². The molecule has 8 nitrogen and oxygen atoms in total. The highest BCUT2D eigenvalue weighted by atomic mass is 32.2. The van der Waals surface area contributed by atoms with E-state index in [1.54, 1.807) is 23.1 Å². The van der Waals surface area contributed by atoms with Crippen LogP contribution in [0.5, 0.6) is 0 Å². The number of carbonyl (C=O) groups excluding carboxylic acids is 1. The molecule has 3 N–H and O–H groups in total. The summed E-state index contributed by atoms with van der Waals surface area (Å²) in [4.78, 5) is 27.6. The highest BCUT2D eigenvalue weighted by Crippen LogP contribution is 2.40. The number of nitrogens with one attached hydrogen (secondary N) is 1. The minimum absolute atomic E-state index is 0.00252. The maximum atomic E-state index is 12.1. The number of aliphatic hydroxyl groups excluding tert-OH is 1. The fourth-order valence-electron chi connectivity index (χ4n) is 5.48. The van der Waals surface area contributed by atoms with E-state index in [9.17, 15) is 14.7 Å². The molecule has 47 heavy (non-hydrogen) atoms. The zero-order valence-corrected chi connectivity index (χ0v) is 27.3. The Balaban J connectivity index is 1.13. The van der Waals surface area contributed by atoms with Gasteiger partial charge in [-0.25, -0.2) is 4.98 Å². The summed E-state index contributed by atoms with van der Waals surface area (Å²) in [6.45, 7) is 0.371. The van der Waals surface area contributed by atoms with E-state index in [-0.39, 0.29) is 37.6 Å². The van der Waals surface area contributed by atoms with Crippen LogP contribution < -0.4 is 5.32 Å². The molecular formula is C37H36N2O6S2. The van der Waals surface area contributed by atoms with Gasteiger partial charge in [-0.3, -0.25) is 9.59 Å². The van der Waals surface area contributed by atoms with Crippen molar-refractivity contribution in [3.05, 3.63) is 119 Å². The highest BCUT2D eigenvalue weighted by molar-refractivity contribution is 8.01. The van der Waals surface area contributed by atoms with Crippen LogP contribution in [0.25, 0.3) is 21.3 Å². The maximum Gasteiger partial charge on any atom is 0.303 e. The van der Waals surface area contributed by atoms with Gasteiger partial charge in [0.15, 0.2) is 10.6 Å².